The Morgan fingerprint density at radius 2 is 2.26 bits per heavy atom. The third-order valence-corrected chi connectivity index (χ3v) is 4.78. The fourth-order valence-electron chi connectivity index (χ4n) is 2.82. The first kappa shape index (κ1) is 12.7. The van der Waals surface area contributed by atoms with E-state index in [0.717, 1.165) is 13.1 Å². The molecule has 2 aromatic rings. The van der Waals surface area contributed by atoms with Gasteiger partial charge < -0.3 is 10.6 Å². The van der Waals surface area contributed by atoms with E-state index in [1.807, 2.05) is 0 Å². The molecule has 2 nitrogen and oxygen atoms in total. The van der Waals surface area contributed by atoms with Gasteiger partial charge in [0, 0.05) is 23.7 Å². The summed E-state index contributed by atoms with van der Waals surface area (Å²) in [6.07, 6.45) is 2.43. The summed E-state index contributed by atoms with van der Waals surface area (Å²) in [6, 6.07) is 11.1. The van der Waals surface area contributed by atoms with E-state index in [1.165, 1.54) is 34.5 Å². The van der Waals surface area contributed by atoms with Gasteiger partial charge in [0.05, 0.1) is 6.04 Å². The lowest BCUT2D eigenvalue weighted by Gasteiger charge is -2.33. The minimum atomic E-state index is 0.118. The van der Waals surface area contributed by atoms with Crippen molar-refractivity contribution in [3.8, 4) is 0 Å². The largest absolute Gasteiger partial charge is 0.369 e. The van der Waals surface area contributed by atoms with Gasteiger partial charge in [-0.25, -0.2) is 0 Å². The fraction of sp³-hybridized carbons (Fsp3) is 0.375. The number of benzene rings is 1. The van der Waals surface area contributed by atoms with Crippen molar-refractivity contribution in [3.63, 3.8) is 0 Å². The molecule has 1 aromatic carbocycles. The minimum Gasteiger partial charge on any atom is -0.369 e. The fourth-order valence-corrected chi connectivity index (χ4v) is 3.54. The van der Waals surface area contributed by atoms with Gasteiger partial charge >= 0.3 is 0 Å². The van der Waals surface area contributed by atoms with Crippen molar-refractivity contribution in [2.75, 3.05) is 18.0 Å². The average Bonchev–Trinajstić information content (AvgIpc) is 2.92. The molecule has 0 fully saturated rings. The smallest absolute Gasteiger partial charge is 0.0567 e. The highest BCUT2D eigenvalue weighted by Gasteiger charge is 2.19. The first-order valence-corrected chi connectivity index (χ1v) is 7.75. The highest BCUT2D eigenvalue weighted by Crippen LogP contribution is 2.29. The predicted molar refractivity (Wildman–Crippen MR) is 83.0 cm³/mol. The summed E-state index contributed by atoms with van der Waals surface area (Å²) in [5.74, 6) is 0. The normalized spacial score (nSPS) is 16.2. The van der Waals surface area contributed by atoms with Gasteiger partial charge in [0.1, 0.15) is 0 Å². The summed E-state index contributed by atoms with van der Waals surface area (Å²) in [5.41, 5.74) is 10.5. The molecule has 0 bridgehead atoms. The lowest BCUT2D eigenvalue weighted by Crippen LogP contribution is -2.35. The molecule has 0 aliphatic carbocycles. The van der Waals surface area contributed by atoms with Crippen LogP contribution in [0.1, 0.15) is 28.5 Å². The molecule has 2 N–H and O–H groups in total. The molecule has 3 rings (SSSR count). The van der Waals surface area contributed by atoms with Crippen molar-refractivity contribution >= 4 is 17.0 Å². The van der Waals surface area contributed by atoms with E-state index in [0.29, 0.717) is 0 Å². The number of nitrogens with zero attached hydrogens (tertiary/aromatic N) is 1. The molecular weight excluding hydrogens is 252 g/mol. The number of anilines is 1. The molecule has 1 aliphatic heterocycles. The Kier molecular flexibility index (Phi) is 3.58. The van der Waals surface area contributed by atoms with Gasteiger partial charge in [-0.15, -0.1) is 11.3 Å². The van der Waals surface area contributed by atoms with Gasteiger partial charge in [-0.05, 0) is 42.8 Å². The van der Waals surface area contributed by atoms with Crippen LogP contribution in [0.2, 0.25) is 0 Å². The van der Waals surface area contributed by atoms with Gasteiger partial charge in [0.15, 0.2) is 0 Å². The highest BCUT2D eigenvalue weighted by atomic mass is 32.1. The maximum Gasteiger partial charge on any atom is 0.0567 e. The summed E-state index contributed by atoms with van der Waals surface area (Å²) >= 11 is 1.75. The number of aryl methyl sites for hydroxylation is 2. The van der Waals surface area contributed by atoms with Crippen molar-refractivity contribution in [1.29, 1.82) is 0 Å². The van der Waals surface area contributed by atoms with Crippen molar-refractivity contribution < 1.29 is 0 Å². The quantitative estimate of drug-likeness (QED) is 0.926. The SMILES string of the molecule is Cc1ccc2c(c1)CCCN2CC(N)c1cccs1. The Morgan fingerprint density at radius 1 is 1.37 bits per heavy atom. The van der Waals surface area contributed by atoms with E-state index in [9.17, 15) is 0 Å². The Hall–Kier alpha value is -1.32. The van der Waals surface area contributed by atoms with Crippen LogP contribution >= 0.6 is 11.3 Å². The van der Waals surface area contributed by atoms with Gasteiger partial charge in [0.2, 0.25) is 0 Å². The highest BCUT2D eigenvalue weighted by molar-refractivity contribution is 7.10. The maximum atomic E-state index is 6.33. The molecule has 0 saturated heterocycles. The first-order valence-electron chi connectivity index (χ1n) is 6.87. The van der Waals surface area contributed by atoms with Crippen LogP contribution in [-0.2, 0) is 6.42 Å². The van der Waals surface area contributed by atoms with Crippen LogP contribution in [0.5, 0.6) is 0 Å². The van der Waals surface area contributed by atoms with Crippen LogP contribution < -0.4 is 10.6 Å². The third kappa shape index (κ3) is 2.67. The summed E-state index contributed by atoms with van der Waals surface area (Å²) < 4.78 is 0. The van der Waals surface area contributed by atoms with Crippen molar-refractivity contribution in [2.45, 2.75) is 25.8 Å². The minimum absolute atomic E-state index is 0.118. The van der Waals surface area contributed by atoms with E-state index in [1.54, 1.807) is 11.3 Å². The van der Waals surface area contributed by atoms with Gasteiger partial charge in [0.25, 0.3) is 0 Å². The van der Waals surface area contributed by atoms with Crippen LogP contribution in [0.4, 0.5) is 5.69 Å². The Morgan fingerprint density at radius 3 is 3.05 bits per heavy atom. The number of hydrogen-bond donors (Lipinski definition) is 1. The van der Waals surface area contributed by atoms with E-state index >= 15 is 0 Å². The zero-order chi connectivity index (χ0) is 13.2. The molecular formula is C16H20N2S. The van der Waals surface area contributed by atoms with Crippen LogP contribution in [0.15, 0.2) is 35.7 Å². The Bertz CT molecular complexity index is 548. The monoisotopic (exact) mass is 272 g/mol. The Labute approximate surface area is 118 Å². The lowest BCUT2D eigenvalue weighted by molar-refractivity contribution is 0.630. The zero-order valence-electron chi connectivity index (χ0n) is 11.3. The molecule has 1 unspecified atom stereocenters. The zero-order valence-corrected chi connectivity index (χ0v) is 12.1. The van der Waals surface area contributed by atoms with E-state index in [2.05, 4.69) is 47.5 Å². The second kappa shape index (κ2) is 5.35. The molecule has 1 aliphatic rings. The van der Waals surface area contributed by atoms with E-state index in [-0.39, 0.29) is 6.04 Å². The van der Waals surface area contributed by atoms with Gasteiger partial charge in [-0.1, -0.05) is 23.8 Å². The van der Waals surface area contributed by atoms with E-state index in [4.69, 9.17) is 5.73 Å². The number of rotatable bonds is 3. The standard InChI is InChI=1S/C16H20N2S/c1-12-6-7-15-13(10-12)4-2-8-18(15)11-14(17)16-5-3-9-19-16/h3,5-7,9-10,14H,2,4,8,11,17H2,1H3. The molecule has 1 atom stereocenters. The summed E-state index contributed by atoms with van der Waals surface area (Å²) in [5, 5.41) is 2.10. The molecule has 0 radical (unpaired) electrons. The molecule has 2 heterocycles. The van der Waals surface area contributed by atoms with Crippen LogP contribution in [0.25, 0.3) is 0 Å². The van der Waals surface area contributed by atoms with Crippen LogP contribution in [0, 0.1) is 6.92 Å². The maximum absolute atomic E-state index is 6.33. The topological polar surface area (TPSA) is 29.3 Å². The second-order valence-electron chi connectivity index (χ2n) is 5.30. The van der Waals surface area contributed by atoms with Crippen molar-refractivity contribution in [1.82, 2.24) is 0 Å². The first-order chi connectivity index (χ1) is 9.24. The predicted octanol–water partition coefficient (Wildman–Crippen LogP) is 3.51. The molecule has 0 amide bonds. The molecule has 1 aromatic heterocycles. The van der Waals surface area contributed by atoms with Gasteiger partial charge in [-0.3, -0.25) is 0 Å². The summed E-state index contributed by atoms with van der Waals surface area (Å²) in [6.45, 7) is 4.20. The average molecular weight is 272 g/mol. The molecule has 100 valence electrons. The van der Waals surface area contributed by atoms with Crippen LogP contribution in [0.3, 0.4) is 0 Å². The molecule has 3 heteroatoms. The summed E-state index contributed by atoms with van der Waals surface area (Å²) in [7, 11) is 0. The van der Waals surface area contributed by atoms with E-state index < -0.39 is 0 Å². The van der Waals surface area contributed by atoms with Crippen LogP contribution in [-0.4, -0.2) is 13.1 Å². The van der Waals surface area contributed by atoms with Crippen molar-refractivity contribution in [3.05, 3.63) is 51.7 Å². The third-order valence-electron chi connectivity index (χ3n) is 3.78. The molecule has 0 saturated carbocycles. The molecule has 19 heavy (non-hydrogen) atoms. The van der Waals surface area contributed by atoms with Crippen molar-refractivity contribution in [2.24, 2.45) is 5.73 Å². The molecule has 0 spiro atoms. The lowest BCUT2D eigenvalue weighted by atomic mass is 9.99. The second-order valence-corrected chi connectivity index (χ2v) is 6.28. The number of fused-ring (bicyclic) bond motifs is 1. The number of thiophene rings is 1. The Balaban J connectivity index is 1.80. The number of hydrogen-bond acceptors (Lipinski definition) is 3. The summed E-state index contributed by atoms with van der Waals surface area (Å²) in [4.78, 5) is 3.72. The van der Waals surface area contributed by atoms with Gasteiger partial charge in [-0.2, -0.15) is 0 Å². The number of nitrogens with two attached hydrogens (primary N) is 1.